The molecule has 0 radical (unpaired) electrons. The molecule has 2 nitrogen and oxygen atoms in total. The Morgan fingerprint density at radius 1 is 1.50 bits per heavy atom. The number of hydrogen-bond donors (Lipinski definition) is 1. The van der Waals surface area contributed by atoms with E-state index in [0.29, 0.717) is 27.9 Å². The monoisotopic (exact) mass is 276 g/mol. The molecule has 0 aliphatic rings. The van der Waals surface area contributed by atoms with Crippen molar-refractivity contribution in [1.82, 2.24) is 0 Å². The second-order valence-corrected chi connectivity index (χ2v) is 3.97. The highest BCUT2D eigenvalue weighted by molar-refractivity contribution is 9.09. The van der Waals surface area contributed by atoms with Gasteiger partial charge in [-0.1, -0.05) is 39.7 Å². The van der Waals surface area contributed by atoms with Crippen LogP contribution >= 0.6 is 27.5 Å². The summed E-state index contributed by atoms with van der Waals surface area (Å²) in [6, 6.07) is 5.10. The van der Waals surface area contributed by atoms with E-state index in [1.54, 1.807) is 18.2 Å². The molecule has 1 N–H and O–H groups in total. The summed E-state index contributed by atoms with van der Waals surface area (Å²) in [5.74, 6) is -0.0119. The largest absolute Gasteiger partial charge is 0.392 e. The van der Waals surface area contributed by atoms with E-state index in [4.69, 9.17) is 16.7 Å². The highest BCUT2D eigenvalue weighted by Gasteiger charge is 2.11. The molecule has 0 saturated heterocycles. The van der Waals surface area contributed by atoms with E-state index in [0.717, 1.165) is 0 Å². The molecule has 0 amide bonds. The van der Waals surface area contributed by atoms with Crippen molar-refractivity contribution in [1.29, 1.82) is 0 Å². The van der Waals surface area contributed by atoms with Gasteiger partial charge in [-0.2, -0.15) is 0 Å². The van der Waals surface area contributed by atoms with Gasteiger partial charge in [0.1, 0.15) is 0 Å². The lowest BCUT2D eigenvalue weighted by molar-refractivity contribution is 0.0990. The lowest BCUT2D eigenvalue weighted by Gasteiger charge is -2.05. The molecule has 0 aliphatic heterocycles. The number of rotatable bonds is 4. The number of carbonyl (C=O) groups excluding carboxylic acids is 1. The van der Waals surface area contributed by atoms with E-state index < -0.39 is 0 Å². The first-order valence-corrected chi connectivity index (χ1v) is 5.68. The number of hydrogen-bond acceptors (Lipinski definition) is 2. The van der Waals surface area contributed by atoms with E-state index in [1.165, 1.54) is 0 Å². The van der Waals surface area contributed by atoms with Gasteiger partial charge < -0.3 is 5.11 Å². The molecule has 0 aliphatic carbocycles. The van der Waals surface area contributed by atoms with Crippen molar-refractivity contribution in [2.45, 2.75) is 13.0 Å². The zero-order valence-corrected chi connectivity index (χ0v) is 9.81. The molecule has 14 heavy (non-hydrogen) atoms. The minimum Gasteiger partial charge on any atom is -0.392 e. The number of ketones is 1. The van der Waals surface area contributed by atoms with Crippen LogP contribution < -0.4 is 0 Å². The van der Waals surface area contributed by atoms with Gasteiger partial charge in [-0.25, -0.2) is 0 Å². The number of benzene rings is 1. The summed E-state index contributed by atoms with van der Waals surface area (Å²) in [5.41, 5.74) is 1.07. The van der Waals surface area contributed by atoms with Gasteiger partial charge in [-0.3, -0.25) is 4.79 Å². The minimum atomic E-state index is -0.145. The normalized spacial score (nSPS) is 10.2. The van der Waals surface area contributed by atoms with Gasteiger partial charge in [0.2, 0.25) is 0 Å². The maximum Gasteiger partial charge on any atom is 0.165 e. The van der Waals surface area contributed by atoms with Crippen LogP contribution in [0.15, 0.2) is 18.2 Å². The van der Waals surface area contributed by atoms with Gasteiger partial charge in [0, 0.05) is 17.3 Å². The van der Waals surface area contributed by atoms with E-state index >= 15 is 0 Å². The highest BCUT2D eigenvalue weighted by Crippen LogP contribution is 2.22. The number of aliphatic hydroxyl groups excluding tert-OH is 1. The number of Topliss-reactive ketones (excluding diaryl/α,β-unsaturated/α-hetero) is 1. The van der Waals surface area contributed by atoms with Crippen molar-refractivity contribution in [2.75, 3.05) is 5.33 Å². The summed E-state index contributed by atoms with van der Waals surface area (Å²) in [5, 5.41) is 9.93. The highest BCUT2D eigenvalue weighted by atomic mass is 79.9. The third kappa shape index (κ3) is 2.56. The molecule has 1 rings (SSSR count). The Bertz CT molecular complexity index is 339. The summed E-state index contributed by atoms with van der Waals surface area (Å²) in [6.45, 7) is -0.145. The molecule has 0 atom stereocenters. The molecule has 0 spiro atoms. The second-order valence-electron chi connectivity index (χ2n) is 2.80. The number of aliphatic hydroxyl groups is 1. The van der Waals surface area contributed by atoms with Crippen LogP contribution in [0.5, 0.6) is 0 Å². The molecule has 1 aromatic rings. The summed E-state index contributed by atoms with van der Waals surface area (Å²) >= 11 is 9.14. The smallest absolute Gasteiger partial charge is 0.165 e. The van der Waals surface area contributed by atoms with Gasteiger partial charge in [-0.05, 0) is 11.6 Å². The summed E-state index contributed by atoms with van der Waals surface area (Å²) < 4.78 is 0. The number of halogens is 2. The predicted molar refractivity (Wildman–Crippen MR) is 60.1 cm³/mol. The van der Waals surface area contributed by atoms with Crippen LogP contribution in [0, 0.1) is 0 Å². The fraction of sp³-hybridized carbons (Fsp3) is 0.300. The molecule has 4 heteroatoms. The van der Waals surface area contributed by atoms with Crippen LogP contribution in [-0.2, 0) is 6.61 Å². The molecule has 0 unspecified atom stereocenters. The quantitative estimate of drug-likeness (QED) is 0.679. The number of carbonyl (C=O) groups is 1. The molecule has 0 heterocycles. The van der Waals surface area contributed by atoms with Crippen molar-refractivity contribution >= 4 is 33.3 Å². The maximum absolute atomic E-state index is 11.5. The van der Waals surface area contributed by atoms with E-state index in [-0.39, 0.29) is 12.4 Å². The Morgan fingerprint density at radius 2 is 2.21 bits per heavy atom. The van der Waals surface area contributed by atoms with Gasteiger partial charge >= 0.3 is 0 Å². The average molecular weight is 278 g/mol. The maximum atomic E-state index is 11.5. The van der Waals surface area contributed by atoms with E-state index in [2.05, 4.69) is 15.9 Å². The molecule has 0 fully saturated rings. The van der Waals surface area contributed by atoms with E-state index in [9.17, 15) is 4.79 Å². The Balaban J connectivity index is 3.03. The van der Waals surface area contributed by atoms with E-state index in [1.807, 2.05) is 0 Å². The molecule has 1 aromatic carbocycles. The Kier molecular flexibility index (Phi) is 4.58. The zero-order valence-electron chi connectivity index (χ0n) is 7.46. The zero-order chi connectivity index (χ0) is 10.6. The fourth-order valence-corrected chi connectivity index (χ4v) is 1.79. The third-order valence-corrected chi connectivity index (χ3v) is 2.71. The summed E-state index contributed by atoms with van der Waals surface area (Å²) in [6.07, 6.45) is 0.411. The Hall–Kier alpha value is -0.380. The Morgan fingerprint density at radius 3 is 2.79 bits per heavy atom. The van der Waals surface area contributed by atoms with Crippen molar-refractivity contribution in [3.63, 3.8) is 0 Å². The molecule has 0 aromatic heterocycles. The van der Waals surface area contributed by atoms with Crippen LogP contribution in [0.4, 0.5) is 0 Å². The third-order valence-electron chi connectivity index (χ3n) is 1.87. The second kappa shape index (κ2) is 5.49. The minimum absolute atomic E-state index is 0.0119. The molecule has 0 bridgehead atoms. The first-order valence-electron chi connectivity index (χ1n) is 4.18. The Labute approximate surface area is 96.0 Å². The molecular formula is C10H10BrClO2. The van der Waals surface area contributed by atoms with Crippen LogP contribution in [0.1, 0.15) is 22.3 Å². The van der Waals surface area contributed by atoms with Crippen molar-refractivity contribution < 1.29 is 9.90 Å². The molecule has 0 saturated carbocycles. The van der Waals surface area contributed by atoms with Gasteiger partial charge in [0.25, 0.3) is 0 Å². The molecular weight excluding hydrogens is 267 g/mol. The molecule has 76 valence electrons. The van der Waals surface area contributed by atoms with Crippen LogP contribution in [0.2, 0.25) is 5.02 Å². The van der Waals surface area contributed by atoms with Crippen LogP contribution in [0.3, 0.4) is 0 Å². The summed E-state index contributed by atoms with van der Waals surface area (Å²) in [7, 11) is 0. The van der Waals surface area contributed by atoms with Crippen LogP contribution in [-0.4, -0.2) is 16.2 Å². The van der Waals surface area contributed by atoms with Crippen LogP contribution in [0.25, 0.3) is 0 Å². The topological polar surface area (TPSA) is 37.3 Å². The predicted octanol–water partition coefficient (Wildman–Crippen LogP) is 2.80. The lowest BCUT2D eigenvalue weighted by atomic mass is 10.1. The van der Waals surface area contributed by atoms with Gasteiger partial charge in [0.05, 0.1) is 11.6 Å². The fourth-order valence-electron chi connectivity index (χ4n) is 1.14. The first-order chi connectivity index (χ1) is 6.70. The van der Waals surface area contributed by atoms with Gasteiger partial charge in [0.15, 0.2) is 5.78 Å². The van der Waals surface area contributed by atoms with Crippen molar-refractivity contribution in [3.8, 4) is 0 Å². The average Bonchev–Trinajstić information content (AvgIpc) is 2.18. The first kappa shape index (κ1) is 11.7. The van der Waals surface area contributed by atoms with Gasteiger partial charge in [-0.15, -0.1) is 0 Å². The summed E-state index contributed by atoms with van der Waals surface area (Å²) in [4.78, 5) is 11.5. The van der Waals surface area contributed by atoms with Crippen molar-refractivity contribution in [3.05, 3.63) is 34.3 Å². The number of alkyl halides is 1. The standard InChI is InChI=1S/C10H10BrClO2/c11-5-4-9(14)8-3-1-2-7(6-13)10(8)12/h1-3,13H,4-6H2. The lowest BCUT2D eigenvalue weighted by Crippen LogP contribution is -2.02. The van der Waals surface area contributed by atoms with Crippen molar-refractivity contribution in [2.24, 2.45) is 0 Å². The SMILES string of the molecule is O=C(CCBr)c1cccc(CO)c1Cl.